The van der Waals surface area contributed by atoms with E-state index >= 15 is 0 Å². The van der Waals surface area contributed by atoms with Crippen molar-refractivity contribution in [3.63, 3.8) is 0 Å². The molecular weight excluding hydrogens is 283 g/mol. The van der Waals surface area contributed by atoms with Crippen LogP contribution in [0.2, 0.25) is 0 Å². The van der Waals surface area contributed by atoms with Crippen LogP contribution in [0.5, 0.6) is 0 Å². The molecule has 1 unspecified atom stereocenters. The second kappa shape index (κ2) is 5.83. The van der Waals surface area contributed by atoms with Crippen molar-refractivity contribution in [1.82, 2.24) is 0 Å². The molecule has 1 fully saturated rings. The Morgan fingerprint density at radius 1 is 1.45 bits per heavy atom. The number of hydrogen-bond acceptors (Lipinski definition) is 5. The molecular formula is C14H15FO4S. The molecule has 2 atom stereocenters. The van der Waals surface area contributed by atoms with Gasteiger partial charge in [-0.1, -0.05) is 43.8 Å². The third-order valence-corrected chi connectivity index (χ3v) is 3.86. The zero-order chi connectivity index (χ0) is 14.8. The smallest absolute Gasteiger partial charge is 0.352 e. The Bertz CT molecular complexity index is 503. The Labute approximate surface area is 120 Å². The highest BCUT2D eigenvalue weighted by atomic mass is 32.2. The van der Waals surface area contributed by atoms with Crippen LogP contribution in [-0.4, -0.2) is 30.2 Å². The normalized spacial score (nSPS) is 22.1. The average molecular weight is 298 g/mol. The van der Waals surface area contributed by atoms with Gasteiger partial charge in [0.1, 0.15) is 6.61 Å². The van der Waals surface area contributed by atoms with Crippen LogP contribution >= 0.6 is 11.8 Å². The first-order valence-corrected chi connectivity index (χ1v) is 7.01. The molecule has 2 rings (SSSR count). The molecule has 1 aliphatic heterocycles. The van der Waals surface area contributed by atoms with E-state index in [1.54, 1.807) is 44.2 Å². The van der Waals surface area contributed by atoms with Gasteiger partial charge in [0.15, 0.2) is 0 Å². The molecule has 0 radical (unpaired) electrons. The second-order valence-corrected chi connectivity index (χ2v) is 6.28. The van der Waals surface area contributed by atoms with E-state index in [0.29, 0.717) is 4.90 Å². The summed E-state index contributed by atoms with van der Waals surface area (Å²) in [7, 11) is 0. The minimum absolute atomic E-state index is 0.159. The van der Waals surface area contributed by atoms with Crippen LogP contribution in [0.3, 0.4) is 0 Å². The van der Waals surface area contributed by atoms with Gasteiger partial charge < -0.3 is 9.47 Å². The topological polar surface area (TPSA) is 52.6 Å². The predicted octanol–water partition coefficient (Wildman–Crippen LogP) is 2.57. The summed E-state index contributed by atoms with van der Waals surface area (Å²) in [6.45, 7) is 3.62. The minimum Gasteiger partial charge on any atom is -0.462 e. The van der Waals surface area contributed by atoms with Gasteiger partial charge in [0.25, 0.3) is 0 Å². The summed E-state index contributed by atoms with van der Waals surface area (Å²) in [5.74, 6) is -1.68. The summed E-state index contributed by atoms with van der Waals surface area (Å²) in [5.41, 5.74) is -2.51. The maximum atomic E-state index is 13.9. The van der Waals surface area contributed by atoms with Gasteiger partial charge >= 0.3 is 11.9 Å². The number of ether oxygens (including phenoxy) is 2. The summed E-state index contributed by atoms with van der Waals surface area (Å²) in [6, 6.07) is 8.68. The Hall–Kier alpha value is -1.56. The number of benzene rings is 1. The van der Waals surface area contributed by atoms with Gasteiger partial charge in [-0.2, -0.15) is 0 Å². The van der Waals surface area contributed by atoms with Gasteiger partial charge in [-0.25, -0.2) is 14.0 Å². The van der Waals surface area contributed by atoms with E-state index in [1.165, 1.54) is 0 Å². The molecule has 0 N–H and O–H groups in total. The van der Waals surface area contributed by atoms with E-state index < -0.39 is 29.0 Å². The van der Waals surface area contributed by atoms with Gasteiger partial charge in [-0.3, -0.25) is 0 Å². The maximum Gasteiger partial charge on any atom is 0.352 e. The molecule has 20 heavy (non-hydrogen) atoms. The number of carbonyl (C=O) groups excluding carboxylic acids is 2. The first kappa shape index (κ1) is 14.8. The highest BCUT2D eigenvalue weighted by Crippen LogP contribution is 2.33. The summed E-state index contributed by atoms with van der Waals surface area (Å²) in [4.78, 5) is 23.8. The number of cyclic esters (lactones) is 1. The van der Waals surface area contributed by atoms with Gasteiger partial charge in [-0.15, -0.1) is 0 Å². The summed E-state index contributed by atoms with van der Waals surface area (Å²) in [6.07, 6.45) is -1.05. The first-order valence-electron chi connectivity index (χ1n) is 6.13. The molecule has 0 spiro atoms. The fraction of sp³-hybridized carbons (Fsp3) is 0.429. The molecule has 1 saturated heterocycles. The maximum absolute atomic E-state index is 13.9. The molecule has 1 aliphatic rings. The monoisotopic (exact) mass is 298 g/mol. The van der Waals surface area contributed by atoms with Crippen molar-refractivity contribution in [2.24, 2.45) is 5.41 Å². The number of hydrogen-bond donors (Lipinski definition) is 0. The summed E-state index contributed by atoms with van der Waals surface area (Å²) < 4.78 is 23.6. The van der Waals surface area contributed by atoms with Gasteiger partial charge in [0.2, 0.25) is 11.6 Å². The van der Waals surface area contributed by atoms with Crippen LogP contribution < -0.4 is 0 Å². The number of thioether (sulfide) groups is 1. The van der Waals surface area contributed by atoms with Gasteiger partial charge in [0.05, 0.1) is 0 Å². The Kier molecular flexibility index (Phi) is 4.32. The lowest BCUT2D eigenvalue weighted by Gasteiger charge is -2.22. The third kappa shape index (κ3) is 3.30. The molecule has 0 aromatic heterocycles. The van der Waals surface area contributed by atoms with Crippen LogP contribution in [0, 0.1) is 5.41 Å². The van der Waals surface area contributed by atoms with Crippen molar-refractivity contribution >= 4 is 23.7 Å². The zero-order valence-electron chi connectivity index (χ0n) is 11.2. The van der Waals surface area contributed by atoms with E-state index in [4.69, 9.17) is 9.47 Å². The van der Waals surface area contributed by atoms with Gasteiger partial charge in [0, 0.05) is 10.3 Å². The molecule has 0 bridgehead atoms. The van der Waals surface area contributed by atoms with Crippen molar-refractivity contribution < 1.29 is 23.5 Å². The van der Waals surface area contributed by atoms with Crippen LogP contribution in [-0.2, 0) is 19.1 Å². The predicted molar refractivity (Wildman–Crippen MR) is 71.8 cm³/mol. The standard InChI is InChI=1S/C14H15FO4S/c1-14(2)8-18-12(16)10(14)19-13(17)11(15)20-9-6-4-3-5-7-9/h3-7,10-11H,8H2,1-2H3/t10-,11?/m0/s1. The number of alkyl halides is 1. The van der Waals surface area contributed by atoms with Crippen molar-refractivity contribution in [1.29, 1.82) is 0 Å². The van der Waals surface area contributed by atoms with E-state index in [0.717, 1.165) is 11.8 Å². The molecule has 1 heterocycles. The van der Waals surface area contributed by atoms with E-state index in [9.17, 15) is 14.0 Å². The third-order valence-electron chi connectivity index (χ3n) is 2.91. The molecule has 108 valence electrons. The molecule has 0 saturated carbocycles. The number of carbonyl (C=O) groups is 2. The number of rotatable bonds is 4. The largest absolute Gasteiger partial charge is 0.462 e. The molecule has 0 aliphatic carbocycles. The Morgan fingerprint density at radius 3 is 2.65 bits per heavy atom. The lowest BCUT2D eigenvalue weighted by Crippen LogP contribution is -2.36. The van der Waals surface area contributed by atoms with E-state index in [1.807, 2.05) is 0 Å². The van der Waals surface area contributed by atoms with Crippen molar-refractivity contribution in [3.05, 3.63) is 30.3 Å². The van der Waals surface area contributed by atoms with E-state index in [2.05, 4.69) is 0 Å². The molecule has 0 amide bonds. The Morgan fingerprint density at radius 2 is 2.10 bits per heavy atom. The van der Waals surface area contributed by atoms with E-state index in [-0.39, 0.29) is 6.61 Å². The zero-order valence-corrected chi connectivity index (χ0v) is 12.0. The fourth-order valence-electron chi connectivity index (χ4n) is 1.77. The van der Waals surface area contributed by atoms with Gasteiger partial charge in [-0.05, 0) is 12.1 Å². The van der Waals surface area contributed by atoms with Crippen molar-refractivity contribution in [2.45, 2.75) is 30.4 Å². The van der Waals surface area contributed by atoms with Crippen molar-refractivity contribution in [3.8, 4) is 0 Å². The molecule has 4 nitrogen and oxygen atoms in total. The molecule has 1 aromatic carbocycles. The molecule has 1 aromatic rings. The molecule has 6 heteroatoms. The average Bonchev–Trinajstić information content (AvgIpc) is 2.66. The lowest BCUT2D eigenvalue weighted by atomic mass is 9.90. The van der Waals surface area contributed by atoms with Crippen LogP contribution in [0.4, 0.5) is 4.39 Å². The lowest BCUT2D eigenvalue weighted by molar-refractivity contribution is -0.164. The first-order chi connectivity index (χ1) is 9.40. The highest BCUT2D eigenvalue weighted by Gasteiger charge is 2.47. The Balaban J connectivity index is 1.96. The second-order valence-electron chi connectivity index (χ2n) is 5.16. The summed E-state index contributed by atoms with van der Waals surface area (Å²) in [5, 5.41) is 0. The van der Waals surface area contributed by atoms with Crippen LogP contribution in [0.25, 0.3) is 0 Å². The fourth-order valence-corrected chi connectivity index (χ4v) is 2.48. The number of esters is 2. The van der Waals surface area contributed by atoms with Crippen molar-refractivity contribution in [2.75, 3.05) is 6.61 Å². The summed E-state index contributed by atoms with van der Waals surface area (Å²) >= 11 is 0.743. The van der Waals surface area contributed by atoms with Crippen LogP contribution in [0.1, 0.15) is 13.8 Å². The van der Waals surface area contributed by atoms with Crippen LogP contribution in [0.15, 0.2) is 35.2 Å². The SMILES string of the molecule is CC1(C)COC(=O)[C@@H]1OC(=O)C(F)Sc1ccccc1. The number of halogens is 1. The quantitative estimate of drug-likeness (QED) is 0.631. The highest BCUT2D eigenvalue weighted by molar-refractivity contribution is 8.00. The minimum atomic E-state index is -1.87.